The van der Waals surface area contributed by atoms with Crippen LogP contribution >= 0.6 is 0 Å². The Labute approximate surface area is 573 Å². The van der Waals surface area contributed by atoms with E-state index < -0.39 is 24.3 Å². The summed E-state index contributed by atoms with van der Waals surface area (Å²) in [4.78, 5) is 37.6. The Balaban J connectivity index is 3.91. The first-order chi connectivity index (χ1) is 45.1. The summed E-state index contributed by atoms with van der Waals surface area (Å²) in [5, 5.41) is 11.9. The molecule has 0 saturated heterocycles. The summed E-state index contributed by atoms with van der Waals surface area (Å²) in [5.74, 6) is -2.25. The Bertz CT molecular complexity index is 1560. The Morgan fingerprint density at radius 2 is 0.587 bits per heavy atom. The molecule has 2 unspecified atom stereocenters. The number of allylic oxidation sites excluding steroid dienone is 4. The lowest BCUT2D eigenvalue weighted by atomic mass is 10.0. The molecule has 0 amide bonds. The number of ether oxygens (including phenoxy) is 4. The lowest BCUT2D eigenvalue weighted by molar-refractivity contribution is -0.870. The molecule has 0 aromatic carbocycles. The highest BCUT2D eigenvalue weighted by Gasteiger charge is 2.22. The quantitative estimate of drug-likeness (QED) is 0.0195. The maximum Gasteiger partial charge on any atom is 0.306 e. The molecule has 544 valence electrons. The standard InChI is InChI=1S/C83H159NO8/c1-6-8-10-12-14-16-18-20-22-24-26-28-30-32-34-35-36-37-38-39-40-41-42-43-44-45-46-48-49-51-53-55-57-59-61-63-65-67-69-71-73-80(85)90-77-79(78-91-83(82(87)88)89-76-75-84(3,4)5)92-81(86)74-72-70-68-66-64-62-60-58-56-54-52-50-47-33-31-29-27-25-23-21-19-17-15-13-11-9-7-2/h19,21,25,27,79,83H,6-18,20,22-24,26,28-78H2,1-5H3/b21-19-,27-25-. The first-order valence-corrected chi connectivity index (χ1v) is 41.0. The molecule has 0 saturated carbocycles. The van der Waals surface area contributed by atoms with Gasteiger partial charge in [-0.2, -0.15) is 0 Å². The van der Waals surface area contributed by atoms with Crippen LogP contribution in [-0.2, 0) is 33.3 Å². The number of rotatable bonds is 78. The van der Waals surface area contributed by atoms with Crippen LogP contribution < -0.4 is 5.11 Å². The highest BCUT2D eigenvalue weighted by molar-refractivity contribution is 5.70. The van der Waals surface area contributed by atoms with Gasteiger partial charge < -0.3 is 33.3 Å². The smallest absolute Gasteiger partial charge is 0.306 e. The lowest BCUT2D eigenvalue weighted by Gasteiger charge is -2.26. The SMILES string of the molecule is CCCCCCC/C=C\C/C=C\CCCCCCCCCCCCCCCCCC(=O)OC(COC(=O)CCCCCCCCCCCCCCCCCCCCCCCCCCCCCCCCCCCCCCCCCC)COC(OCC[N+](C)(C)C)C(=O)[O-]. The predicted octanol–water partition coefficient (Wildman–Crippen LogP) is 24.8. The molecule has 0 fully saturated rings. The zero-order valence-electron chi connectivity index (χ0n) is 62.5. The van der Waals surface area contributed by atoms with E-state index in [1.807, 2.05) is 21.1 Å². The van der Waals surface area contributed by atoms with Crippen LogP contribution in [0.1, 0.15) is 431 Å². The summed E-state index contributed by atoms with van der Waals surface area (Å²) in [7, 11) is 5.95. The van der Waals surface area contributed by atoms with Gasteiger partial charge in [0.05, 0.1) is 40.3 Å². The first kappa shape index (κ1) is 89.8. The van der Waals surface area contributed by atoms with Gasteiger partial charge in [0.15, 0.2) is 12.4 Å². The number of nitrogens with zero attached hydrogens (tertiary/aromatic N) is 1. The summed E-state index contributed by atoms with van der Waals surface area (Å²) in [6, 6.07) is 0. The molecule has 0 bridgehead atoms. The summed E-state index contributed by atoms with van der Waals surface area (Å²) >= 11 is 0. The molecule has 0 rings (SSSR count). The molecule has 0 spiro atoms. The van der Waals surface area contributed by atoms with Gasteiger partial charge in [-0.3, -0.25) is 9.59 Å². The monoisotopic (exact) mass is 1300 g/mol. The number of carbonyl (C=O) groups is 3. The molecule has 0 radical (unpaired) electrons. The van der Waals surface area contributed by atoms with E-state index in [0.717, 1.165) is 44.9 Å². The Kier molecular flexibility index (Phi) is 72.8. The number of hydrogen-bond acceptors (Lipinski definition) is 8. The van der Waals surface area contributed by atoms with Crippen molar-refractivity contribution in [1.82, 2.24) is 0 Å². The van der Waals surface area contributed by atoms with Gasteiger partial charge in [-0.15, -0.1) is 0 Å². The minimum Gasteiger partial charge on any atom is -0.545 e. The van der Waals surface area contributed by atoms with E-state index in [2.05, 4.69) is 38.2 Å². The molecule has 0 aliphatic carbocycles. The van der Waals surface area contributed by atoms with Crippen molar-refractivity contribution in [2.24, 2.45) is 0 Å². The van der Waals surface area contributed by atoms with E-state index in [1.165, 1.54) is 360 Å². The fraction of sp³-hybridized carbons (Fsp3) is 0.916. The summed E-state index contributed by atoms with van der Waals surface area (Å²) in [5.41, 5.74) is 0. The largest absolute Gasteiger partial charge is 0.545 e. The highest BCUT2D eigenvalue weighted by Crippen LogP contribution is 2.20. The first-order valence-electron chi connectivity index (χ1n) is 41.0. The van der Waals surface area contributed by atoms with Crippen LogP contribution in [-0.4, -0.2) is 82.3 Å². The van der Waals surface area contributed by atoms with Crippen molar-refractivity contribution in [2.75, 3.05) is 47.5 Å². The van der Waals surface area contributed by atoms with Crippen molar-refractivity contribution in [3.8, 4) is 0 Å². The zero-order chi connectivity index (χ0) is 66.8. The molecule has 0 aromatic rings. The molecule has 0 aromatic heterocycles. The number of quaternary nitrogens is 1. The number of carboxylic acids is 1. The molecule has 0 heterocycles. The van der Waals surface area contributed by atoms with Crippen LogP contribution in [0, 0.1) is 0 Å². The van der Waals surface area contributed by atoms with Gasteiger partial charge in [0.2, 0.25) is 0 Å². The van der Waals surface area contributed by atoms with Gasteiger partial charge in [-0.05, 0) is 44.9 Å². The van der Waals surface area contributed by atoms with Gasteiger partial charge in [-0.1, -0.05) is 398 Å². The number of aliphatic carboxylic acids is 1. The molecule has 2 atom stereocenters. The Morgan fingerprint density at radius 1 is 0.326 bits per heavy atom. The number of carbonyl (C=O) groups excluding carboxylic acids is 3. The molecule has 0 aliphatic rings. The zero-order valence-corrected chi connectivity index (χ0v) is 62.5. The number of likely N-dealkylation sites (N-methyl/N-ethyl adjacent to an activating group) is 1. The fourth-order valence-corrected chi connectivity index (χ4v) is 12.7. The fourth-order valence-electron chi connectivity index (χ4n) is 12.7. The van der Waals surface area contributed by atoms with Crippen LogP contribution in [0.3, 0.4) is 0 Å². The van der Waals surface area contributed by atoms with E-state index >= 15 is 0 Å². The van der Waals surface area contributed by atoms with Crippen molar-refractivity contribution in [3.05, 3.63) is 24.3 Å². The second-order valence-electron chi connectivity index (χ2n) is 29.4. The summed E-state index contributed by atoms with van der Waals surface area (Å²) in [6.45, 7) is 4.82. The predicted molar refractivity (Wildman–Crippen MR) is 394 cm³/mol. The molecular formula is C83H159NO8. The van der Waals surface area contributed by atoms with E-state index in [1.54, 1.807) is 0 Å². The Morgan fingerprint density at radius 3 is 0.859 bits per heavy atom. The molecule has 0 aliphatic heterocycles. The molecule has 9 heteroatoms. The van der Waals surface area contributed by atoms with Crippen LogP contribution in [0.4, 0.5) is 0 Å². The van der Waals surface area contributed by atoms with Gasteiger partial charge in [0.25, 0.3) is 0 Å². The van der Waals surface area contributed by atoms with Crippen molar-refractivity contribution < 1.29 is 42.9 Å². The van der Waals surface area contributed by atoms with Gasteiger partial charge in [0, 0.05) is 12.8 Å². The number of unbranched alkanes of at least 4 members (excludes halogenated alkanes) is 59. The maximum absolute atomic E-state index is 13.0. The molecule has 0 N–H and O–H groups in total. The second kappa shape index (κ2) is 74.6. The minimum atomic E-state index is -1.62. The van der Waals surface area contributed by atoms with E-state index in [0.29, 0.717) is 17.4 Å². The van der Waals surface area contributed by atoms with Crippen LogP contribution in [0.25, 0.3) is 0 Å². The second-order valence-corrected chi connectivity index (χ2v) is 29.4. The van der Waals surface area contributed by atoms with Gasteiger partial charge in [-0.25, -0.2) is 0 Å². The normalized spacial score (nSPS) is 12.7. The van der Waals surface area contributed by atoms with Gasteiger partial charge in [0.1, 0.15) is 13.2 Å². The van der Waals surface area contributed by atoms with Gasteiger partial charge >= 0.3 is 11.9 Å². The van der Waals surface area contributed by atoms with E-state index in [-0.39, 0.29) is 32.2 Å². The third-order valence-electron chi connectivity index (χ3n) is 19.0. The third kappa shape index (κ3) is 75.2. The average Bonchev–Trinajstić information content (AvgIpc) is 3.70. The summed E-state index contributed by atoms with van der Waals surface area (Å²) < 4.78 is 22.9. The van der Waals surface area contributed by atoms with Crippen molar-refractivity contribution in [1.29, 1.82) is 0 Å². The number of esters is 2. The van der Waals surface area contributed by atoms with E-state index in [9.17, 15) is 19.5 Å². The summed E-state index contributed by atoms with van der Waals surface area (Å²) in [6.07, 6.45) is 91.8. The topological polar surface area (TPSA) is 111 Å². The Hall–Kier alpha value is -2.23. The number of hydrogen-bond donors (Lipinski definition) is 0. The molecule has 9 nitrogen and oxygen atoms in total. The van der Waals surface area contributed by atoms with Crippen molar-refractivity contribution in [3.63, 3.8) is 0 Å². The molecular weight excluding hydrogens is 1140 g/mol. The lowest BCUT2D eigenvalue weighted by Crippen LogP contribution is -2.44. The number of carboxylic acid groups (broad SMARTS) is 1. The van der Waals surface area contributed by atoms with Crippen LogP contribution in [0.5, 0.6) is 0 Å². The van der Waals surface area contributed by atoms with Crippen molar-refractivity contribution >= 4 is 17.9 Å². The minimum absolute atomic E-state index is 0.151. The van der Waals surface area contributed by atoms with Crippen LogP contribution in [0.2, 0.25) is 0 Å². The van der Waals surface area contributed by atoms with Crippen LogP contribution in [0.15, 0.2) is 24.3 Å². The maximum atomic E-state index is 13.0. The third-order valence-corrected chi connectivity index (χ3v) is 19.0. The van der Waals surface area contributed by atoms with E-state index in [4.69, 9.17) is 18.9 Å². The highest BCUT2D eigenvalue weighted by atomic mass is 16.7. The van der Waals surface area contributed by atoms with Crippen molar-refractivity contribution in [2.45, 2.75) is 444 Å². The molecule has 92 heavy (non-hydrogen) atoms. The average molecular weight is 1300 g/mol.